The molecule has 1 rings (SSSR count). The zero-order valence-corrected chi connectivity index (χ0v) is 11.0. The summed E-state index contributed by atoms with van der Waals surface area (Å²) in [6.45, 7) is 9.63. The highest BCUT2D eigenvalue weighted by Crippen LogP contribution is 2.51. The van der Waals surface area contributed by atoms with E-state index in [0.29, 0.717) is 12.0 Å². The van der Waals surface area contributed by atoms with E-state index in [1.807, 2.05) is 18.8 Å². The van der Waals surface area contributed by atoms with E-state index in [1.165, 1.54) is 0 Å². The lowest BCUT2D eigenvalue weighted by molar-refractivity contribution is -0.0423. The maximum atomic E-state index is 5.99. The molecule has 84 valence electrons. The lowest BCUT2D eigenvalue weighted by Crippen LogP contribution is -2.43. The molecule has 3 nitrogen and oxygen atoms in total. The summed E-state index contributed by atoms with van der Waals surface area (Å²) >= 11 is 0. The van der Waals surface area contributed by atoms with Gasteiger partial charge in [-0.15, -0.1) is 0 Å². The molecule has 0 radical (unpaired) electrons. The molecule has 0 aromatic carbocycles. The van der Waals surface area contributed by atoms with Crippen molar-refractivity contribution < 1.29 is 9.05 Å². The van der Waals surface area contributed by atoms with Crippen LogP contribution in [0, 0.1) is 11.3 Å². The second-order valence-corrected chi connectivity index (χ2v) is 6.86. The van der Waals surface area contributed by atoms with Crippen LogP contribution < -0.4 is 0 Å². The van der Waals surface area contributed by atoms with Crippen molar-refractivity contribution in [2.75, 3.05) is 20.7 Å². The van der Waals surface area contributed by atoms with E-state index in [-0.39, 0.29) is 5.41 Å². The molecule has 2 atom stereocenters. The highest BCUT2D eigenvalue weighted by atomic mass is 31.2. The molecule has 14 heavy (non-hydrogen) atoms. The van der Waals surface area contributed by atoms with Crippen molar-refractivity contribution in [3.05, 3.63) is 0 Å². The maximum Gasteiger partial charge on any atom is 0.258 e. The molecule has 0 aliphatic carbocycles. The second kappa shape index (κ2) is 4.44. The predicted octanol–water partition coefficient (Wildman–Crippen LogP) is 2.87. The first-order chi connectivity index (χ1) is 6.34. The van der Waals surface area contributed by atoms with Crippen LogP contribution in [0.25, 0.3) is 0 Å². The molecule has 1 aliphatic heterocycles. The summed E-state index contributed by atoms with van der Waals surface area (Å²) in [6, 6.07) is 0. The first-order valence-electron chi connectivity index (χ1n) is 5.11. The Labute approximate surface area is 88.7 Å². The van der Waals surface area contributed by atoms with E-state index < -0.39 is 8.53 Å². The average molecular weight is 219 g/mol. The Morgan fingerprint density at radius 3 is 2.36 bits per heavy atom. The Morgan fingerprint density at radius 1 is 1.36 bits per heavy atom. The van der Waals surface area contributed by atoms with Crippen LogP contribution in [0.5, 0.6) is 0 Å². The summed E-state index contributed by atoms with van der Waals surface area (Å²) in [5.74, 6) is 0.541. The Kier molecular flexibility index (Phi) is 3.93. The third kappa shape index (κ3) is 2.66. The van der Waals surface area contributed by atoms with E-state index in [2.05, 4.69) is 27.7 Å². The van der Waals surface area contributed by atoms with Gasteiger partial charge >= 0.3 is 0 Å². The first kappa shape index (κ1) is 12.4. The molecule has 0 unspecified atom stereocenters. The molecule has 0 N–H and O–H groups in total. The number of rotatable bonds is 2. The van der Waals surface area contributed by atoms with E-state index in [0.717, 1.165) is 6.61 Å². The minimum atomic E-state index is -0.828. The van der Waals surface area contributed by atoms with Crippen LogP contribution in [-0.4, -0.2) is 31.5 Å². The third-order valence-corrected chi connectivity index (χ3v) is 3.86. The van der Waals surface area contributed by atoms with Crippen molar-refractivity contribution >= 4 is 8.53 Å². The topological polar surface area (TPSA) is 21.7 Å². The van der Waals surface area contributed by atoms with Gasteiger partial charge in [-0.1, -0.05) is 27.7 Å². The molecule has 0 aromatic heterocycles. The van der Waals surface area contributed by atoms with Gasteiger partial charge in [-0.3, -0.25) is 0 Å². The normalized spacial score (nSPS) is 32.6. The largest absolute Gasteiger partial charge is 0.321 e. The van der Waals surface area contributed by atoms with E-state index in [9.17, 15) is 0 Å². The fourth-order valence-corrected chi connectivity index (χ4v) is 3.45. The smallest absolute Gasteiger partial charge is 0.258 e. The summed E-state index contributed by atoms with van der Waals surface area (Å²) in [6.07, 6.45) is 0.296. The highest BCUT2D eigenvalue weighted by Gasteiger charge is 2.41. The summed E-state index contributed by atoms with van der Waals surface area (Å²) in [7, 11) is 3.18. The lowest BCUT2D eigenvalue weighted by atomic mass is 9.81. The van der Waals surface area contributed by atoms with Crippen molar-refractivity contribution in [1.82, 2.24) is 4.67 Å². The quantitative estimate of drug-likeness (QED) is 0.666. The van der Waals surface area contributed by atoms with Crippen LogP contribution in [0.1, 0.15) is 27.7 Å². The monoisotopic (exact) mass is 219 g/mol. The molecule has 0 bridgehead atoms. The first-order valence-corrected chi connectivity index (χ1v) is 6.24. The van der Waals surface area contributed by atoms with Gasteiger partial charge in [0.25, 0.3) is 8.53 Å². The summed E-state index contributed by atoms with van der Waals surface area (Å²) in [4.78, 5) is 0. The molecule has 1 aliphatic rings. The summed E-state index contributed by atoms with van der Waals surface area (Å²) in [5.41, 5.74) is 0.128. The minimum absolute atomic E-state index is 0.128. The molecular formula is C10H22NO2P. The molecule has 0 aromatic rings. The molecular weight excluding hydrogens is 197 g/mol. The molecule has 1 fully saturated rings. The fourth-order valence-electron chi connectivity index (χ4n) is 1.81. The highest BCUT2D eigenvalue weighted by molar-refractivity contribution is 7.44. The van der Waals surface area contributed by atoms with Crippen molar-refractivity contribution in [3.63, 3.8) is 0 Å². The van der Waals surface area contributed by atoms with Crippen LogP contribution in [-0.2, 0) is 9.05 Å². The Bertz CT molecular complexity index is 195. The van der Waals surface area contributed by atoms with Crippen molar-refractivity contribution in [2.45, 2.75) is 33.8 Å². The zero-order valence-electron chi connectivity index (χ0n) is 10.1. The van der Waals surface area contributed by atoms with Gasteiger partial charge in [0, 0.05) is 5.41 Å². The molecule has 0 saturated carbocycles. The van der Waals surface area contributed by atoms with Gasteiger partial charge in [0.2, 0.25) is 0 Å². The number of nitrogens with zero attached hydrogens (tertiary/aromatic N) is 1. The van der Waals surface area contributed by atoms with Gasteiger partial charge in [-0.2, -0.15) is 0 Å². The summed E-state index contributed by atoms with van der Waals surface area (Å²) in [5, 5.41) is 0. The van der Waals surface area contributed by atoms with Crippen molar-refractivity contribution in [1.29, 1.82) is 0 Å². The SMILES string of the molecule is CC(C)[C@H]1O[P@@](N(C)C)OCC1(C)C. The van der Waals surface area contributed by atoms with E-state index in [4.69, 9.17) is 9.05 Å². The average Bonchev–Trinajstić information content (AvgIpc) is 2.02. The van der Waals surface area contributed by atoms with Crippen LogP contribution in [0.15, 0.2) is 0 Å². The predicted molar refractivity (Wildman–Crippen MR) is 60.1 cm³/mol. The molecule has 1 saturated heterocycles. The Morgan fingerprint density at radius 2 is 1.93 bits per heavy atom. The lowest BCUT2D eigenvalue weighted by Gasteiger charge is -2.44. The van der Waals surface area contributed by atoms with Gasteiger partial charge in [0.05, 0.1) is 12.7 Å². The third-order valence-electron chi connectivity index (χ3n) is 2.45. The maximum absolute atomic E-state index is 5.99. The van der Waals surface area contributed by atoms with Crippen LogP contribution in [0.2, 0.25) is 0 Å². The van der Waals surface area contributed by atoms with Gasteiger partial charge in [-0.05, 0) is 20.0 Å². The number of hydrogen-bond acceptors (Lipinski definition) is 3. The van der Waals surface area contributed by atoms with Crippen LogP contribution >= 0.6 is 8.53 Å². The van der Waals surface area contributed by atoms with Gasteiger partial charge in [0.1, 0.15) is 0 Å². The zero-order chi connectivity index (χ0) is 10.9. The number of hydrogen-bond donors (Lipinski definition) is 0. The van der Waals surface area contributed by atoms with E-state index in [1.54, 1.807) is 0 Å². The second-order valence-electron chi connectivity index (χ2n) is 5.12. The molecule has 4 heteroatoms. The van der Waals surface area contributed by atoms with Crippen molar-refractivity contribution in [2.24, 2.45) is 11.3 Å². The van der Waals surface area contributed by atoms with Gasteiger partial charge in [0.15, 0.2) is 0 Å². The van der Waals surface area contributed by atoms with Crippen LogP contribution in [0.4, 0.5) is 0 Å². The minimum Gasteiger partial charge on any atom is -0.321 e. The molecule has 0 spiro atoms. The van der Waals surface area contributed by atoms with Gasteiger partial charge < -0.3 is 9.05 Å². The molecule has 0 amide bonds. The fraction of sp³-hybridized carbons (Fsp3) is 1.00. The standard InChI is InChI=1S/C10H22NO2P/c1-8(2)9-10(3,4)7-12-14(13-9)11(5)6/h8-9H,7H2,1-6H3/t9-,14+/m1/s1. The Balaban J connectivity index is 2.68. The summed E-state index contributed by atoms with van der Waals surface area (Å²) < 4.78 is 13.7. The van der Waals surface area contributed by atoms with Crippen molar-refractivity contribution in [3.8, 4) is 0 Å². The Hall–Kier alpha value is 0.310. The van der Waals surface area contributed by atoms with Crippen LogP contribution in [0.3, 0.4) is 0 Å². The van der Waals surface area contributed by atoms with E-state index >= 15 is 0 Å². The molecule has 1 heterocycles. The van der Waals surface area contributed by atoms with Gasteiger partial charge in [-0.25, -0.2) is 4.67 Å².